The summed E-state index contributed by atoms with van der Waals surface area (Å²) in [7, 11) is 0. The summed E-state index contributed by atoms with van der Waals surface area (Å²) in [6, 6.07) is 10.6. The van der Waals surface area contributed by atoms with Crippen molar-refractivity contribution in [2.24, 2.45) is 0 Å². The van der Waals surface area contributed by atoms with Crippen LogP contribution in [0.5, 0.6) is 0 Å². The fraction of sp³-hybridized carbons (Fsp3) is 0.0769. The molecule has 0 spiro atoms. The number of pyridine rings is 1. The summed E-state index contributed by atoms with van der Waals surface area (Å²) < 4.78 is 0.822. The summed E-state index contributed by atoms with van der Waals surface area (Å²) in [4.78, 5) is 16.4. The van der Waals surface area contributed by atoms with Crippen molar-refractivity contribution in [1.29, 1.82) is 0 Å². The van der Waals surface area contributed by atoms with Gasteiger partial charge in [0.15, 0.2) is 0 Å². The van der Waals surface area contributed by atoms with Crippen LogP contribution in [-0.2, 0) is 0 Å². The predicted molar refractivity (Wildman–Crippen MR) is 71.0 cm³/mol. The van der Waals surface area contributed by atoms with Crippen molar-refractivity contribution in [2.75, 3.05) is 5.73 Å². The molecule has 0 aliphatic rings. The van der Waals surface area contributed by atoms with E-state index in [4.69, 9.17) is 5.73 Å². The smallest absolute Gasteiger partial charge is 0.213 e. The molecule has 0 fully saturated rings. The van der Waals surface area contributed by atoms with Gasteiger partial charge >= 0.3 is 0 Å². The van der Waals surface area contributed by atoms with E-state index in [0.717, 1.165) is 10.2 Å². The van der Waals surface area contributed by atoms with Crippen molar-refractivity contribution in [3.63, 3.8) is 0 Å². The molecule has 0 radical (unpaired) electrons. The van der Waals surface area contributed by atoms with Crippen molar-refractivity contribution < 1.29 is 4.79 Å². The van der Waals surface area contributed by atoms with Gasteiger partial charge in [0.2, 0.25) is 5.78 Å². The van der Waals surface area contributed by atoms with Crippen molar-refractivity contribution in [2.45, 2.75) is 6.92 Å². The molecule has 0 amide bonds. The first kappa shape index (κ1) is 11.8. The summed E-state index contributed by atoms with van der Waals surface area (Å²) in [6.07, 6.45) is 0. The fourth-order valence-corrected chi connectivity index (χ4v) is 1.89. The molecular formula is C13H11BrN2O. The minimum atomic E-state index is -0.160. The second-order valence-electron chi connectivity index (χ2n) is 3.72. The number of carbonyl (C=O) groups is 1. The van der Waals surface area contributed by atoms with E-state index in [1.54, 1.807) is 24.3 Å². The third-order valence-electron chi connectivity index (χ3n) is 2.38. The van der Waals surface area contributed by atoms with Gasteiger partial charge in [-0.15, -0.1) is 0 Å². The molecule has 86 valence electrons. The highest BCUT2D eigenvalue weighted by atomic mass is 79.9. The topological polar surface area (TPSA) is 56.0 Å². The van der Waals surface area contributed by atoms with Gasteiger partial charge in [-0.2, -0.15) is 0 Å². The quantitative estimate of drug-likeness (QED) is 0.683. The first-order valence-electron chi connectivity index (χ1n) is 5.11. The van der Waals surface area contributed by atoms with Crippen LogP contribution in [0.1, 0.15) is 21.7 Å². The van der Waals surface area contributed by atoms with Crippen LogP contribution in [0.4, 0.5) is 5.69 Å². The molecule has 17 heavy (non-hydrogen) atoms. The minimum Gasteiger partial charge on any atom is -0.398 e. The largest absolute Gasteiger partial charge is 0.398 e. The number of anilines is 1. The number of nitrogens with two attached hydrogens (primary N) is 1. The van der Waals surface area contributed by atoms with Gasteiger partial charge in [-0.25, -0.2) is 4.98 Å². The molecule has 0 unspecified atom stereocenters. The van der Waals surface area contributed by atoms with Gasteiger partial charge in [0, 0.05) is 21.4 Å². The molecule has 1 aromatic carbocycles. The number of rotatable bonds is 2. The number of nitrogen functional groups attached to an aromatic ring is 1. The first-order chi connectivity index (χ1) is 8.08. The van der Waals surface area contributed by atoms with E-state index in [2.05, 4.69) is 20.9 Å². The van der Waals surface area contributed by atoms with E-state index >= 15 is 0 Å². The number of hydrogen-bond acceptors (Lipinski definition) is 3. The third-order valence-corrected chi connectivity index (χ3v) is 2.87. The van der Waals surface area contributed by atoms with Crippen LogP contribution in [-0.4, -0.2) is 10.8 Å². The summed E-state index contributed by atoms with van der Waals surface area (Å²) >= 11 is 3.32. The van der Waals surface area contributed by atoms with Crippen LogP contribution in [0.3, 0.4) is 0 Å². The van der Waals surface area contributed by atoms with Crippen LogP contribution >= 0.6 is 15.9 Å². The Hall–Kier alpha value is -1.68. The Morgan fingerprint density at radius 3 is 2.76 bits per heavy atom. The Kier molecular flexibility index (Phi) is 3.24. The summed E-state index contributed by atoms with van der Waals surface area (Å²) in [5.41, 5.74) is 7.95. The average Bonchev–Trinajstić information content (AvgIpc) is 2.31. The molecule has 0 bridgehead atoms. The van der Waals surface area contributed by atoms with Crippen molar-refractivity contribution in [3.05, 3.63) is 57.8 Å². The van der Waals surface area contributed by atoms with E-state index in [0.29, 0.717) is 16.9 Å². The Labute approximate surface area is 108 Å². The Bertz CT molecular complexity index is 581. The van der Waals surface area contributed by atoms with Crippen LogP contribution in [0, 0.1) is 6.92 Å². The highest BCUT2D eigenvalue weighted by molar-refractivity contribution is 9.10. The SMILES string of the molecule is Cc1cccc(C(=O)c2cc(Br)ccc2N)n1. The zero-order chi connectivity index (χ0) is 12.4. The number of hydrogen-bond donors (Lipinski definition) is 1. The molecule has 0 saturated heterocycles. The van der Waals surface area contributed by atoms with Crippen LogP contribution in [0.2, 0.25) is 0 Å². The Morgan fingerprint density at radius 1 is 1.29 bits per heavy atom. The second-order valence-corrected chi connectivity index (χ2v) is 4.64. The van der Waals surface area contributed by atoms with Crippen molar-refractivity contribution >= 4 is 27.4 Å². The van der Waals surface area contributed by atoms with Gasteiger partial charge < -0.3 is 5.73 Å². The Morgan fingerprint density at radius 2 is 2.06 bits per heavy atom. The molecule has 1 aromatic heterocycles. The lowest BCUT2D eigenvalue weighted by Gasteiger charge is -2.05. The summed E-state index contributed by atoms with van der Waals surface area (Å²) in [6.45, 7) is 1.85. The molecular weight excluding hydrogens is 280 g/mol. The average molecular weight is 291 g/mol. The van der Waals surface area contributed by atoms with Gasteiger partial charge in [0.05, 0.1) is 0 Å². The number of benzene rings is 1. The number of ketones is 1. The summed E-state index contributed by atoms with van der Waals surface area (Å²) in [5, 5.41) is 0. The van der Waals surface area contributed by atoms with E-state index in [-0.39, 0.29) is 5.78 Å². The number of carbonyl (C=O) groups excluding carboxylic acids is 1. The van der Waals surface area contributed by atoms with Crippen LogP contribution < -0.4 is 5.73 Å². The normalized spacial score (nSPS) is 10.2. The molecule has 0 aliphatic heterocycles. The maximum atomic E-state index is 12.2. The van der Waals surface area contributed by atoms with Crippen LogP contribution in [0.25, 0.3) is 0 Å². The molecule has 0 aliphatic carbocycles. The maximum absolute atomic E-state index is 12.2. The highest BCUT2D eigenvalue weighted by Gasteiger charge is 2.13. The molecule has 0 saturated carbocycles. The minimum absolute atomic E-state index is 0.160. The predicted octanol–water partition coefficient (Wildman–Crippen LogP) is 2.97. The van der Waals surface area contributed by atoms with Gasteiger partial charge in [0.1, 0.15) is 5.69 Å². The van der Waals surface area contributed by atoms with Gasteiger partial charge in [-0.05, 0) is 37.3 Å². The van der Waals surface area contributed by atoms with E-state index in [9.17, 15) is 4.79 Å². The number of aryl methyl sites for hydroxylation is 1. The van der Waals surface area contributed by atoms with Crippen molar-refractivity contribution in [3.8, 4) is 0 Å². The number of aromatic nitrogens is 1. The molecule has 2 N–H and O–H groups in total. The van der Waals surface area contributed by atoms with Gasteiger partial charge in [-0.1, -0.05) is 22.0 Å². The van der Waals surface area contributed by atoms with Gasteiger partial charge in [-0.3, -0.25) is 4.79 Å². The van der Waals surface area contributed by atoms with E-state index < -0.39 is 0 Å². The lowest BCUT2D eigenvalue weighted by molar-refractivity contribution is 0.103. The second kappa shape index (κ2) is 4.67. The zero-order valence-corrected chi connectivity index (χ0v) is 10.9. The zero-order valence-electron chi connectivity index (χ0n) is 9.27. The fourth-order valence-electron chi connectivity index (χ4n) is 1.53. The molecule has 3 nitrogen and oxygen atoms in total. The maximum Gasteiger partial charge on any atom is 0.213 e. The monoisotopic (exact) mass is 290 g/mol. The Balaban J connectivity index is 2.47. The third kappa shape index (κ3) is 2.53. The van der Waals surface area contributed by atoms with E-state index in [1.807, 2.05) is 19.1 Å². The van der Waals surface area contributed by atoms with Crippen molar-refractivity contribution in [1.82, 2.24) is 4.98 Å². The molecule has 2 aromatic rings. The number of nitrogens with zero attached hydrogens (tertiary/aromatic N) is 1. The van der Waals surface area contributed by atoms with Gasteiger partial charge in [0.25, 0.3) is 0 Å². The lowest BCUT2D eigenvalue weighted by atomic mass is 10.1. The molecule has 1 heterocycles. The summed E-state index contributed by atoms with van der Waals surface area (Å²) in [5.74, 6) is -0.160. The first-order valence-corrected chi connectivity index (χ1v) is 5.90. The number of halogens is 1. The van der Waals surface area contributed by atoms with Crippen LogP contribution in [0.15, 0.2) is 40.9 Å². The van der Waals surface area contributed by atoms with E-state index in [1.165, 1.54) is 0 Å². The molecule has 0 atom stereocenters. The standard InChI is InChI=1S/C13H11BrN2O/c1-8-3-2-4-12(16-8)13(17)10-7-9(14)5-6-11(10)15/h2-7H,15H2,1H3. The lowest BCUT2D eigenvalue weighted by Crippen LogP contribution is -2.07. The molecule has 2 rings (SSSR count). The highest BCUT2D eigenvalue weighted by Crippen LogP contribution is 2.20. The molecule has 4 heteroatoms.